The van der Waals surface area contributed by atoms with Crippen LogP contribution in [0.25, 0.3) is 0 Å². The van der Waals surface area contributed by atoms with Crippen molar-refractivity contribution in [1.29, 1.82) is 0 Å². The van der Waals surface area contributed by atoms with Gasteiger partial charge < -0.3 is 10.0 Å². The van der Waals surface area contributed by atoms with E-state index in [1.165, 1.54) is 9.58 Å². The van der Waals surface area contributed by atoms with Crippen LogP contribution in [0.5, 0.6) is 0 Å². The minimum Gasteiger partial charge on any atom is -0.480 e. The van der Waals surface area contributed by atoms with Crippen molar-refractivity contribution in [2.75, 3.05) is 6.54 Å². The van der Waals surface area contributed by atoms with Crippen molar-refractivity contribution < 1.29 is 19.6 Å². The number of nitrogens with zero attached hydrogens (tertiary/aromatic N) is 4. The average molecular weight is 324 g/mol. The Labute approximate surface area is 133 Å². The van der Waals surface area contributed by atoms with Gasteiger partial charge in [-0.2, -0.15) is 5.10 Å². The minimum atomic E-state index is -0.986. The molecule has 23 heavy (non-hydrogen) atoms. The van der Waals surface area contributed by atoms with Gasteiger partial charge in [-0.1, -0.05) is 0 Å². The molecule has 0 bridgehead atoms. The molecule has 9 heteroatoms. The number of likely N-dealkylation sites (tertiary alicyclic amines) is 1. The van der Waals surface area contributed by atoms with Crippen molar-refractivity contribution in [3.63, 3.8) is 0 Å². The van der Waals surface area contributed by atoms with Crippen molar-refractivity contribution in [3.8, 4) is 0 Å². The summed E-state index contributed by atoms with van der Waals surface area (Å²) in [5.74, 6) is -1.24. The number of carboxylic acid groups (broad SMARTS) is 1. The number of carboxylic acids is 1. The average Bonchev–Trinajstić information content (AvgIpc) is 2.78. The van der Waals surface area contributed by atoms with Crippen LogP contribution in [0, 0.1) is 24.0 Å². The summed E-state index contributed by atoms with van der Waals surface area (Å²) >= 11 is 0. The fraction of sp³-hybridized carbons (Fsp3) is 0.643. The first kappa shape index (κ1) is 16.9. The highest BCUT2D eigenvalue weighted by Crippen LogP contribution is 2.23. The normalized spacial score (nSPS) is 18.0. The Bertz CT molecular complexity index is 639. The van der Waals surface area contributed by atoms with Gasteiger partial charge in [-0.15, -0.1) is 0 Å². The SMILES string of the molecule is Cc1nn(CCC(=O)N2CCCC[C@@H]2C(=O)O)c(C)c1[N+](=O)[O-]. The van der Waals surface area contributed by atoms with Gasteiger partial charge in [0.05, 0.1) is 11.5 Å². The molecule has 9 nitrogen and oxygen atoms in total. The Hall–Kier alpha value is -2.45. The number of rotatable bonds is 5. The molecule has 1 N–H and O–H groups in total. The van der Waals surface area contributed by atoms with E-state index >= 15 is 0 Å². The molecule has 0 aromatic carbocycles. The highest BCUT2D eigenvalue weighted by molar-refractivity contribution is 5.83. The van der Waals surface area contributed by atoms with Crippen LogP contribution in [0.1, 0.15) is 37.1 Å². The van der Waals surface area contributed by atoms with Crippen molar-refractivity contribution in [1.82, 2.24) is 14.7 Å². The zero-order valence-electron chi connectivity index (χ0n) is 13.2. The molecule has 126 valence electrons. The topological polar surface area (TPSA) is 119 Å². The number of piperidine rings is 1. The van der Waals surface area contributed by atoms with Gasteiger partial charge in [0.2, 0.25) is 5.91 Å². The fourth-order valence-electron chi connectivity index (χ4n) is 3.00. The number of hydrogen-bond donors (Lipinski definition) is 1. The fourth-order valence-corrected chi connectivity index (χ4v) is 3.00. The third-order valence-corrected chi connectivity index (χ3v) is 4.17. The Morgan fingerprint density at radius 2 is 2.09 bits per heavy atom. The number of amides is 1. The Morgan fingerprint density at radius 1 is 1.39 bits per heavy atom. The van der Waals surface area contributed by atoms with E-state index in [9.17, 15) is 24.8 Å². The van der Waals surface area contributed by atoms with Gasteiger partial charge in [0.15, 0.2) is 0 Å². The molecule has 0 unspecified atom stereocenters. The largest absolute Gasteiger partial charge is 0.480 e. The number of aromatic nitrogens is 2. The summed E-state index contributed by atoms with van der Waals surface area (Å²) in [5, 5.41) is 24.3. The quantitative estimate of drug-likeness (QED) is 0.643. The standard InChI is InChI=1S/C14H20N4O5/c1-9-13(18(22)23)10(2)17(15-9)8-6-12(19)16-7-4-3-5-11(16)14(20)21/h11H,3-8H2,1-2H3,(H,20,21)/t11-/m1/s1. The maximum atomic E-state index is 12.3. The molecule has 1 aliphatic rings. The molecule has 2 heterocycles. The van der Waals surface area contributed by atoms with Gasteiger partial charge in [0.1, 0.15) is 17.4 Å². The summed E-state index contributed by atoms with van der Waals surface area (Å²) in [4.78, 5) is 35.4. The summed E-state index contributed by atoms with van der Waals surface area (Å²) in [6.45, 7) is 3.77. The van der Waals surface area contributed by atoms with Crippen LogP contribution < -0.4 is 0 Å². The third-order valence-electron chi connectivity index (χ3n) is 4.17. The van der Waals surface area contributed by atoms with E-state index in [2.05, 4.69) is 5.10 Å². The van der Waals surface area contributed by atoms with Gasteiger partial charge in [-0.05, 0) is 33.1 Å². The van der Waals surface area contributed by atoms with Crippen LogP contribution in [-0.2, 0) is 16.1 Å². The van der Waals surface area contributed by atoms with Crippen LogP contribution in [0.15, 0.2) is 0 Å². The molecule has 1 atom stereocenters. The van der Waals surface area contributed by atoms with E-state index in [4.69, 9.17) is 0 Å². The molecule has 1 aliphatic heterocycles. The highest BCUT2D eigenvalue weighted by atomic mass is 16.6. The maximum Gasteiger partial charge on any atom is 0.326 e. The second kappa shape index (κ2) is 6.76. The van der Waals surface area contributed by atoms with E-state index in [-0.39, 0.29) is 24.6 Å². The lowest BCUT2D eigenvalue weighted by atomic mass is 10.0. The first-order valence-electron chi connectivity index (χ1n) is 7.53. The zero-order chi connectivity index (χ0) is 17.1. The first-order valence-corrected chi connectivity index (χ1v) is 7.53. The monoisotopic (exact) mass is 324 g/mol. The number of aliphatic carboxylic acids is 1. The lowest BCUT2D eigenvalue weighted by Crippen LogP contribution is -2.48. The lowest BCUT2D eigenvalue weighted by Gasteiger charge is -2.33. The van der Waals surface area contributed by atoms with Gasteiger partial charge in [-0.25, -0.2) is 4.79 Å². The van der Waals surface area contributed by atoms with E-state index in [0.29, 0.717) is 24.4 Å². The molecule has 0 spiro atoms. The number of carbonyl (C=O) groups excluding carboxylic acids is 1. The lowest BCUT2D eigenvalue weighted by molar-refractivity contribution is -0.386. The first-order chi connectivity index (χ1) is 10.8. The van der Waals surface area contributed by atoms with Crippen LogP contribution in [0.3, 0.4) is 0 Å². The summed E-state index contributed by atoms with van der Waals surface area (Å²) in [5.41, 5.74) is 0.661. The molecule has 2 rings (SSSR count). The molecule has 0 saturated carbocycles. The second-order valence-corrected chi connectivity index (χ2v) is 5.69. The van der Waals surface area contributed by atoms with Crippen molar-refractivity contribution in [2.45, 2.75) is 52.1 Å². The van der Waals surface area contributed by atoms with Crippen molar-refractivity contribution in [2.24, 2.45) is 0 Å². The van der Waals surface area contributed by atoms with E-state index in [1.807, 2.05) is 0 Å². The second-order valence-electron chi connectivity index (χ2n) is 5.69. The summed E-state index contributed by atoms with van der Waals surface area (Å²) in [6, 6.07) is -0.772. The summed E-state index contributed by atoms with van der Waals surface area (Å²) in [7, 11) is 0. The Kier molecular flexibility index (Phi) is 4.97. The number of hydrogen-bond acceptors (Lipinski definition) is 5. The van der Waals surface area contributed by atoms with Gasteiger partial charge in [0, 0.05) is 13.0 Å². The molecule has 1 amide bonds. The van der Waals surface area contributed by atoms with Crippen LogP contribution >= 0.6 is 0 Å². The predicted molar refractivity (Wildman–Crippen MR) is 80.0 cm³/mol. The van der Waals surface area contributed by atoms with Crippen LogP contribution in [-0.4, -0.2) is 49.2 Å². The van der Waals surface area contributed by atoms with Gasteiger partial charge in [-0.3, -0.25) is 19.6 Å². The molecule has 1 fully saturated rings. The molecule has 0 radical (unpaired) electrons. The number of carbonyl (C=O) groups is 2. The van der Waals surface area contributed by atoms with Crippen molar-refractivity contribution in [3.05, 3.63) is 21.5 Å². The van der Waals surface area contributed by atoms with Crippen molar-refractivity contribution >= 4 is 17.6 Å². The van der Waals surface area contributed by atoms with Gasteiger partial charge in [0.25, 0.3) is 0 Å². The maximum absolute atomic E-state index is 12.3. The molecule has 1 aromatic heterocycles. The minimum absolute atomic E-state index is 0.0427. The highest BCUT2D eigenvalue weighted by Gasteiger charge is 2.32. The smallest absolute Gasteiger partial charge is 0.326 e. The molecule has 1 aromatic rings. The third kappa shape index (κ3) is 3.49. The van der Waals surface area contributed by atoms with E-state index in [0.717, 1.165) is 12.8 Å². The van der Waals surface area contributed by atoms with E-state index < -0.39 is 16.9 Å². The summed E-state index contributed by atoms with van der Waals surface area (Å²) < 4.78 is 1.44. The van der Waals surface area contributed by atoms with Crippen LogP contribution in [0.2, 0.25) is 0 Å². The summed E-state index contributed by atoms with van der Waals surface area (Å²) in [6.07, 6.45) is 2.13. The predicted octanol–water partition coefficient (Wildman–Crippen LogP) is 1.26. The molecule has 1 saturated heterocycles. The molecule has 0 aliphatic carbocycles. The Balaban J connectivity index is 2.05. The van der Waals surface area contributed by atoms with Gasteiger partial charge >= 0.3 is 11.7 Å². The van der Waals surface area contributed by atoms with E-state index in [1.54, 1.807) is 13.8 Å². The number of aryl methyl sites for hydroxylation is 2. The zero-order valence-corrected chi connectivity index (χ0v) is 13.2. The Morgan fingerprint density at radius 3 is 2.65 bits per heavy atom. The molecular formula is C14H20N4O5. The number of nitro groups is 1. The molecular weight excluding hydrogens is 304 g/mol. The van der Waals surface area contributed by atoms with Crippen LogP contribution in [0.4, 0.5) is 5.69 Å².